The first-order valence-corrected chi connectivity index (χ1v) is 14.1. The molecular formula is C38H37NO. The molecule has 200 valence electrons. The van der Waals surface area contributed by atoms with Gasteiger partial charge in [-0.3, -0.25) is 0 Å². The molecule has 0 aliphatic carbocycles. The zero-order valence-corrected chi connectivity index (χ0v) is 24.3. The number of benzene rings is 5. The van der Waals surface area contributed by atoms with Crippen LogP contribution >= 0.6 is 0 Å². The van der Waals surface area contributed by atoms with E-state index in [4.69, 9.17) is 4.42 Å². The Morgan fingerprint density at radius 3 is 1.82 bits per heavy atom. The molecule has 2 nitrogen and oxygen atoms in total. The van der Waals surface area contributed by atoms with Gasteiger partial charge in [-0.25, -0.2) is 0 Å². The topological polar surface area (TPSA) is 25.2 Å². The van der Waals surface area contributed by atoms with Crippen LogP contribution in [0.4, 0.5) is 11.4 Å². The highest BCUT2D eigenvalue weighted by Gasteiger charge is 2.21. The summed E-state index contributed by atoms with van der Waals surface area (Å²) in [6, 6.07) is 39.0. The van der Waals surface area contributed by atoms with Gasteiger partial charge >= 0.3 is 0 Å². The van der Waals surface area contributed by atoms with Crippen LogP contribution in [-0.2, 0) is 10.8 Å². The second-order valence-corrected chi connectivity index (χ2v) is 12.9. The molecule has 0 bridgehead atoms. The molecule has 0 atom stereocenters. The first-order chi connectivity index (χ1) is 19.1. The third-order valence-corrected chi connectivity index (χ3v) is 7.73. The Hall–Kier alpha value is -4.30. The van der Waals surface area contributed by atoms with Crippen molar-refractivity contribution in [1.29, 1.82) is 0 Å². The number of nitrogens with one attached hydrogen (secondary N) is 1. The van der Waals surface area contributed by atoms with E-state index in [0.717, 1.165) is 44.4 Å². The molecule has 1 heterocycles. The SMILES string of the molecule is CC(C)(C)c1cc(-c2cccc(Nc3cc(-c4ccccc4)cc4oc5ccccc5c34)c2)cc(C(C)(C)C)c1. The minimum absolute atomic E-state index is 0.0672. The van der Waals surface area contributed by atoms with Gasteiger partial charge in [0, 0.05) is 11.1 Å². The molecule has 1 N–H and O–H groups in total. The van der Waals surface area contributed by atoms with Crippen LogP contribution in [-0.4, -0.2) is 0 Å². The van der Waals surface area contributed by atoms with E-state index in [-0.39, 0.29) is 10.8 Å². The number of rotatable bonds is 4. The standard InChI is InChI=1S/C38H37NO/c1-37(2,3)29-19-27(20-30(24-29)38(4,5)6)26-15-12-16-31(21-26)39-33-22-28(25-13-8-7-9-14-25)23-35-36(33)32-17-10-11-18-34(32)40-35/h7-24,39H,1-6H3. The van der Waals surface area contributed by atoms with Gasteiger partial charge in [0.05, 0.1) is 11.1 Å². The Kier molecular flexibility index (Phi) is 6.30. The number of furan rings is 1. The number of hydrogen-bond donors (Lipinski definition) is 1. The zero-order valence-electron chi connectivity index (χ0n) is 24.3. The van der Waals surface area contributed by atoms with Crippen molar-refractivity contribution in [3.05, 3.63) is 120 Å². The number of para-hydroxylation sites is 1. The molecular weight excluding hydrogens is 486 g/mol. The van der Waals surface area contributed by atoms with Crippen LogP contribution in [0.2, 0.25) is 0 Å². The lowest BCUT2D eigenvalue weighted by molar-refractivity contribution is 0.569. The van der Waals surface area contributed by atoms with Gasteiger partial charge in [0.25, 0.3) is 0 Å². The second kappa shape index (κ2) is 9.71. The highest BCUT2D eigenvalue weighted by molar-refractivity contribution is 6.13. The lowest BCUT2D eigenvalue weighted by atomic mass is 9.79. The fourth-order valence-electron chi connectivity index (χ4n) is 5.34. The van der Waals surface area contributed by atoms with Gasteiger partial charge in [0.2, 0.25) is 0 Å². The average molecular weight is 524 g/mol. The van der Waals surface area contributed by atoms with Crippen LogP contribution in [0.3, 0.4) is 0 Å². The third kappa shape index (κ3) is 5.02. The van der Waals surface area contributed by atoms with Gasteiger partial charge in [-0.2, -0.15) is 0 Å². The maximum Gasteiger partial charge on any atom is 0.138 e. The Bertz CT molecular complexity index is 1800. The predicted molar refractivity (Wildman–Crippen MR) is 172 cm³/mol. The number of hydrogen-bond acceptors (Lipinski definition) is 2. The Labute approximate surface area is 237 Å². The summed E-state index contributed by atoms with van der Waals surface area (Å²) in [6.07, 6.45) is 0. The van der Waals surface area contributed by atoms with Gasteiger partial charge < -0.3 is 9.73 Å². The summed E-state index contributed by atoms with van der Waals surface area (Å²) in [5.74, 6) is 0. The summed E-state index contributed by atoms with van der Waals surface area (Å²) in [4.78, 5) is 0. The quantitative estimate of drug-likeness (QED) is 0.248. The number of anilines is 2. The van der Waals surface area contributed by atoms with E-state index in [1.54, 1.807) is 0 Å². The van der Waals surface area contributed by atoms with Crippen molar-refractivity contribution in [2.24, 2.45) is 0 Å². The lowest BCUT2D eigenvalue weighted by Crippen LogP contribution is -2.16. The minimum Gasteiger partial charge on any atom is -0.456 e. The van der Waals surface area contributed by atoms with Crippen LogP contribution in [0, 0.1) is 0 Å². The number of fused-ring (bicyclic) bond motifs is 3. The van der Waals surface area contributed by atoms with Crippen molar-refractivity contribution in [3.8, 4) is 22.3 Å². The molecule has 6 aromatic rings. The molecule has 5 aromatic carbocycles. The van der Waals surface area contributed by atoms with Crippen LogP contribution in [0.15, 0.2) is 114 Å². The molecule has 0 amide bonds. The molecule has 6 rings (SSSR count). The Balaban J connectivity index is 1.48. The fraction of sp³-hybridized carbons (Fsp3) is 0.211. The molecule has 0 radical (unpaired) electrons. The van der Waals surface area contributed by atoms with Gasteiger partial charge in [0.15, 0.2) is 0 Å². The van der Waals surface area contributed by atoms with E-state index < -0.39 is 0 Å². The minimum atomic E-state index is 0.0672. The summed E-state index contributed by atoms with van der Waals surface area (Å²) in [5.41, 5.74) is 11.5. The molecule has 2 heteroatoms. The van der Waals surface area contributed by atoms with Gasteiger partial charge in [0.1, 0.15) is 11.2 Å². The van der Waals surface area contributed by atoms with Crippen molar-refractivity contribution in [2.75, 3.05) is 5.32 Å². The van der Waals surface area contributed by atoms with Crippen LogP contribution in [0.5, 0.6) is 0 Å². The largest absolute Gasteiger partial charge is 0.456 e. The fourth-order valence-corrected chi connectivity index (χ4v) is 5.34. The first-order valence-electron chi connectivity index (χ1n) is 14.1. The average Bonchev–Trinajstić information content (AvgIpc) is 3.31. The van der Waals surface area contributed by atoms with E-state index in [2.05, 4.69) is 138 Å². The molecule has 0 aliphatic rings. The van der Waals surface area contributed by atoms with Gasteiger partial charge in [-0.15, -0.1) is 0 Å². The maximum absolute atomic E-state index is 6.34. The predicted octanol–water partition coefficient (Wildman–Crippen LogP) is 11.3. The highest BCUT2D eigenvalue weighted by atomic mass is 16.3. The molecule has 40 heavy (non-hydrogen) atoms. The van der Waals surface area contributed by atoms with Crippen molar-refractivity contribution in [2.45, 2.75) is 52.4 Å². The van der Waals surface area contributed by atoms with Crippen LogP contribution in [0.1, 0.15) is 52.7 Å². The lowest BCUT2D eigenvalue weighted by Gasteiger charge is -2.26. The van der Waals surface area contributed by atoms with Crippen molar-refractivity contribution in [1.82, 2.24) is 0 Å². The van der Waals surface area contributed by atoms with Crippen molar-refractivity contribution < 1.29 is 4.42 Å². The van der Waals surface area contributed by atoms with E-state index in [1.165, 1.54) is 22.3 Å². The third-order valence-electron chi connectivity index (χ3n) is 7.73. The molecule has 0 spiro atoms. The molecule has 0 saturated heterocycles. The zero-order chi connectivity index (χ0) is 28.1. The van der Waals surface area contributed by atoms with E-state index in [1.807, 2.05) is 18.2 Å². The van der Waals surface area contributed by atoms with E-state index in [9.17, 15) is 0 Å². The Morgan fingerprint density at radius 2 is 1.12 bits per heavy atom. The summed E-state index contributed by atoms with van der Waals surface area (Å²) >= 11 is 0. The van der Waals surface area contributed by atoms with Crippen LogP contribution in [0.25, 0.3) is 44.2 Å². The first kappa shape index (κ1) is 26.0. The van der Waals surface area contributed by atoms with E-state index in [0.29, 0.717) is 0 Å². The second-order valence-electron chi connectivity index (χ2n) is 12.9. The van der Waals surface area contributed by atoms with Crippen molar-refractivity contribution in [3.63, 3.8) is 0 Å². The van der Waals surface area contributed by atoms with Gasteiger partial charge in [-0.1, -0.05) is 120 Å². The molecule has 1 aromatic heterocycles. The summed E-state index contributed by atoms with van der Waals surface area (Å²) in [6.45, 7) is 13.7. The highest BCUT2D eigenvalue weighted by Crippen LogP contribution is 2.40. The Morgan fingerprint density at radius 1 is 0.500 bits per heavy atom. The summed E-state index contributed by atoms with van der Waals surface area (Å²) in [5, 5.41) is 5.99. The maximum atomic E-state index is 6.34. The van der Waals surface area contributed by atoms with Gasteiger partial charge in [-0.05, 0) is 74.5 Å². The smallest absolute Gasteiger partial charge is 0.138 e. The summed E-state index contributed by atoms with van der Waals surface area (Å²) in [7, 11) is 0. The summed E-state index contributed by atoms with van der Waals surface area (Å²) < 4.78 is 6.34. The monoisotopic (exact) mass is 523 g/mol. The molecule has 0 fully saturated rings. The normalized spacial score (nSPS) is 12.2. The van der Waals surface area contributed by atoms with Crippen LogP contribution < -0.4 is 5.32 Å². The molecule has 0 aliphatic heterocycles. The van der Waals surface area contributed by atoms with E-state index >= 15 is 0 Å². The molecule has 0 unspecified atom stereocenters. The molecule has 0 saturated carbocycles. The van der Waals surface area contributed by atoms with Crippen molar-refractivity contribution >= 4 is 33.3 Å².